The summed E-state index contributed by atoms with van der Waals surface area (Å²) in [6.45, 7) is 4.68. The van der Waals surface area contributed by atoms with Gasteiger partial charge in [0.25, 0.3) is 0 Å². The van der Waals surface area contributed by atoms with Crippen molar-refractivity contribution in [3.05, 3.63) is 29.3 Å². The third-order valence-electron chi connectivity index (χ3n) is 9.82. The molecule has 0 aromatic heterocycles. The van der Waals surface area contributed by atoms with Crippen LogP contribution < -0.4 is 5.73 Å². The second-order valence-corrected chi connectivity index (χ2v) is 12.2. The van der Waals surface area contributed by atoms with Gasteiger partial charge in [0.1, 0.15) is 11.5 Å². The van der Waals surface area contributed by atoms with Crippen LogP contribution in [-0.4, -0.2) is 113 Å². The molecule has 1 saturated heterocycles. The lowest BCUT2D eigenvalue weighted by Crippen LogP contribution is -2.76. The Hall–Kier alpha value is -3.32. The number of rotatable bonds is 7. The molecule has 0 radical (unpaired) electrons. The number of amides is 1. The summed E-state index contributed by atoms with van der Waals surface area (Å²) in [4.78, 5) is 85.0. The SMILES string of the molecule is CC1c2cccc(O)c2C(=O)C2C(=O)C3(O)C(=O)C(C(N)=O)C(=O)C(N(C)C)C3C(CC(=O)CCN3CCOCC3)C21. The topological polar surface area (TPSA) is 185 Å². The number of phenols is 1. The molecule has 4 N–H and O–H groups in total. The third-order valence-corrected chi connectivity index (χ3v) is 9.82. The van der Waals surface area contributed by atoms with Crippen molar-refractivity contribution in [2.75, 3.05) is 46.9 Å². The fraction of sp³-hybridized carbons (Fsp3) is 0.600. The highest BCUT2D eigenvalue weighted by Crippen LogP contribution is 2.57. The van der Waals surface area contributed by atoms with Crippen LogP contribution in [0.4, 0.5) is 0 Å². The number of benzene rings is 1. The Morgan fingerprint density at radius 1 is 1.12 bits per heavy atom. The Bertz CT molecular complexity index is 1350. The second kappa shape index (κ2) is 11.1. The molecule has 1 heterocycles. The first kappa shape index (κ1) is 30.1. The predicted octanol–water partition coefficient (Wildman–Crippen LogP) is -0.664. The first-order valence-electron chi connectivity index (χ1n) is 14.3. The molecule has 8 atom stereocenters. The normalized spacial score (nSPS) is 35.0. The summed E-state index contributed by atoms with van der Waals surface area (Å²) in [5.41, 5.74) is 2.92. The van der Waals surface area contributed by atoms with Gasteiger partial charge in [-0.05, 0) is 43.5 Å². The summed E-state index contributed by atoms with van der Waals surface area (Å²) >= 11 is 0. The van der Waals surface area contributed by atoms with Crippen LogP contribution in [0.15, 0.2) is 18.2 Å². The highest BCUT2D eigenvalue weighted by atomic mass is 16.5. The van der Waals surface area contributed by atoms with Gasteiger partial charge in [-0.15, -0.1) is 0 Å². The molecule has 1 aromatic rings. The van der Waals surface area contributed by atoms with Crippen molar-refractivity contribution in [3.8, 4) is 5.75 Å². The molecule has 0 spiro atoms. The molecular formula is C30H37N3O9. The fourth-order valence-electron chi connectivity index (χ4n) is 7.92. The summed E-state index contributed by atoms with van der Waals surface area (Å²) in [6.07, 6.45) is -0.0607. The first-order chi connectivity index (χ1) is 19.8. The zero-order chi connectivity index (χ0) is 30.7. The molecule has 1 aliphatic heterocycles. The van der Waals surface area contributed by atoms with Crippen LogP contribution in [0.5, 0.6) is 5.75 Å². The van der Waals surface area contributed by atoms with Gasteiger partial charge < -0.3 is 20.7 Å². The Kier molecular flexibility index (Phi) is 7.94. The van der Waals surface area contributed by atoms with Gasteiger partial charge in [0, 0.05) is 38.4 Å². The van der Waals surface area contributed by atoms with Crippen molar-refractivity contribution in [2.45, 2.75) is 37.3 Å². The van der Waals surface area contributed by atoms with E-state index in [1.54, 1.807) is 19.1 Å². The van der Waals surface area contributed by atoms with Crippen LogP contribution in [-0.2, 0) is 28.7 Å². The van der Waals surface area contributed by atoms with Crippen molar-refractivity contribution in [2.24, 2.45) is 35.3 Å². The van der Waals surface area contributed by atoms with E-state index in [-0.39, 0.29) is 29.9 Å². The van der Waals surface area contributed by atoms with Crippen molar-refractivity contribution < 1.29 is 43.7 Å². The molecular weight excluding hydrogens is 546 g/mol. The van der Waals surface area contributed by atoms with E-state index in [1.165, 1.54) is 25.1 Å². The summed E-state index contributed by atoms with van der Waals surface area (Å²) in [5.74, 6) is -13.4. The Morgan fingerprint density at radius 3 is 2.40 bits per heavy atom. The maximum atomic E-state index is 14.3. The van der Waals surface area contributed by atoms with E-state index in [1.807, 2.05) is 0 Å². The number of ketones is 5. The highest BCUT2D eigenvalue weighted by Gasteiger charge is 2.72. The summed E-state index contributed by atoms with van der Waals surface area (Å²) in [5, 5.41) is 22.7. The van der Waals surface area contributed by atoms with Gasteiger partial charge in [-0.25, -0.2) is 0 Å². The van der Waals surface area contributed by atoms with Crippen LogP contribution in [0.3, 0.4) is 0 Å². The van der Waals surface area contributed by atoms with Gasteiger partial charge in [0.2, 0.25) is 5.91 Å². The maximum absolute atomic E-state index is 14.3. The zero-order valence-corrected chi connectivity index (χ0v) is 23.9. The lowest BCUT2D eigenvalue weighted by molar-refractivity contribution is -0.190. The lowest BCUT2D eigenvalue weighted by Gasteiger charge is -2.57. The van der Waals surface area contributed by atoms with Crippen molar-refractivity contribution >= 4 is 34.8 Å². The lowest BCUT2D eigenvalue weighted by atomic mass is 9.46. The number of ether oxygens (including phenoxy) is 1. The van der Waals surface area contributed by atoms with Gasteiger partial charge in [-0.1, -0.05) is 19.1 Å². The minimum Gasteiger partial charge on any atom is -0.507 e. The standard InChI is InChI=1S/C30H37N3O9/c1-14-16-5-4-6-18(35)20(16)25(36)21-19(14)17(13-15(34)7-8-33-9-11-42-12-10-33)23-24(32(2)3)26(37)22(29(31)40)28(39)30(23,41)27(21)38/h4-6,14,17,19,21-24,35,41H,7-13H2,1-3H3,(H2,31,40). The van der Waals surface area contributed by atoms with E-state index in [2.05, 4.69) is 4.90 Å². The second-order valence-electron chi connectivity index (χ2n) is 12.2. The number of hydrogen-bond acceptors (Lipinski definition) is 11. The zero-order valence-electron chi connectivity index (χ0n) is 23.9. The number of nitrogens with zero attached hydrogens (tertiary/aromatic N) is 2. The van der Waals surface area contributed by atoms with Crippen molar-refractivity contribution in [3.63, 3.8) is 0 Å². The average molecular weight is 584 g/mol. The minimum atomic E-state index is -2.92. The number of phenolic OH excluding ortho intramolecular Hbond substituents is 1. The van der Waals surface area contributed by atoms with Crippen LogP contribution in [0, 0.1) is 29.6 Å². The number of primary amides is 1. The molecule has 0 bridgehead atoms. The van der Waals surface area contributed by atoms with Gasteiger partial charge >= 0.3 is 0 Å². The van der Waals surface area contributed by atoms with E-state index in [0.29, 0.717) is 38.4 Å². The quantitative estimate of drug-likeness (QED) is 0.346. The van der Waals surface area contributed by atoms with Gasteiger partial charge in [0.05, 0.1) is 30.7 Å². The molecule has 12 nitrogen and oxygen atoms in total. The number of aromatic hydroxyl groups is 1. The largest absolute Gasteiger partial charge is 0.507 e. The predicted molar refractivity (Wildman–Crippen MR) is 146 cm³/mol. The molecule has 1 amide bonds. The van der Waals surface area contributed by atoms with E-state index in [4.69, 9.17) is 10.5 Å². The maximum Gasteiger partial charge on any atom is 0.235 e. The van der Waals surface area contributed by atoms with Gasteiger partial charge in [-0.2, -0.15) is 0 Å². The molecule has 3 fully saturated rings. The summed E-state index contributed by atoms with van der Waals surface area (Å²) < 4.78 is 5.37. The van der Waals surface area contributed by atoms with Crippen molar-refractivity contribution in [1.29, 1.82) is 0 Å². The molecule has 42 heavy (non-hydrogen) atoms. The summed E-state index contributed by atoms with van der Waals surface area (Å²) in [6, 6.07) is 3.26. The number of morpholine rings is 1. The Labute approximate surface area is 243 Å². The molecule has 1 aromatic carbocycles. The molecule has 226 valence electrons. The smallest absolute Gasteiger partial charge is 0.235 e. The molecule has 8 unspecified atom stereocenters. The number of hydrogen-bond donors (Lipinski definition) is 3. The number of likely N-dealkylation sites (N-methyl/N-ethyl adjacent to an activating group) is 1. The number of fused-ring (bicyclic) bond motifs is 3. The van der Waals surface area contributed by atoms with Gasteiger partial charge in [0.15, 0.2) is 34.7 Å². The Balaban J connectivity index is 1.64. The molecule has 3 aliphatic carbocycles. The number of Topliss-reactive ketones (excluding diaryl/α,β-unsaturated/α-hetero) is 5. The molecule has 12 heteroatoms. The van der Waals surface area contributed by atoms with Crippen LogP contribution in [0.1, 0.15) is 41.6 Å². The van der Waals surface area contributed by atoms with Crippen LogP contribution >= 0.6 is 0 Å². The van der Waals surface area contributed by atoms with E-state index in [0.717, 1.165) is 0 Å². The molecule has 2 saturated carbocycles. The van der Waals surface area contributed by atoms with E-state index >= 15 is 0 Å². The van der Waals surface area contributed by atoms with Crippen LogP contribution in [0.2, 0.25) is 0 Å². The fourth-order valence-corrected chi connectivity index (χ4v) is 7.92. The van der Waals surface area contributed by atoms with Crippen LogP contribution in [0.25, 0.3) is 0 Å². The van der Waals surface area contributed by atoms with E-state index in [9.17, 15) is 39.0 Å². The monoisotopic (exact) mass is 583 g/mol. The Morgan fingerprint density at radius 2 is 1.79 bits per heavy atom. The average Bonchev–Trinajstić information content (AvgIpc) is 2.93. The number of carbonyl (C=O) groups excluding carboxylic acids is 6. The van der Waals surface area contributed by atoms with Crippen molar-refractivity contribution in [1.82, 2.24) is 9.80 Å². The number of carbonyl (C=O) groups is 6. The summed E-state index contributed by atoms with van der Waals surface area (Å²) in [7, 11) is 3.04. The van der Waals surface area contributed by atoms with Gasteiger partial charge in [-0.3, -0.25) is 38.6 Å². The highest BCUT2D eigenvalue weighted by molar-refractivity contribution is 6.32. The number of aliphatic hydroxyl groups is 1. The first-order valence-corrected chi connectivity index (χ1v) is 14.3. The molecule has 4 aliphatic rings. The third kappa shape index (κ3) is 4.52. The minimum absolute atomic E-state index is 0.0750. The number of nitrogens with two attached hydrogens (primary N) is 1. The van der Waals surface area contributed by atoms with E-state index < -0.39 is 76.2 Å². The molecule has 5 rings (SSSR count).